The molecule has 5 rings (SSSR count). The molecule has 2 aliphatic rings. The van der Waals surface area contributed by atoms with Crippen molar-refractivity contribution in [3.63, 3.8) is 0 Å². The quantitative estimate of drug-likeness (QED) is 0.773. The molecule has 0 amide bonds. The molecule has 1 aromatic heterocycles. The van der Waals surface area contributed by atoms with Crippen LogP contribution in [0, 0.1) is 5.92 Å². The molecule has 0 spiro atoms. The van der Waals surface area contributed by atoms with Gasteiger partial charge < -0.3 is 19.0 Å². The molecule has 2 atom stereocenters. The van der Waals surface area contributed by atoms with E-state index < -0.39 is 6.10 Å². The molecule has 0 saturated heterocycles. The summed E-state index contributed by atoms with van der Waals surface area (Å²) in [4.78, 5) is 0. The number of aliphatic hydroxyl groups is 1. The minimum Gasteiger partial charge on any atom is -0.464 e. The molecule has 4 heteroatoms. The Morgan fingerprint density at radius 1 is 1.08 bits per heavy atom. The van der Waals surface area contributed by atoms with Crippen molar-refractivity contribution in [2.24, 2.45) is 5.92 Å². The maximum Gasteiger partial charge on any atom is 0.231 e. The summed E-state index contributed by atoms with van der Waals surface area (Å²) in [6.45, 7) is 0.239. The Balaban J connectivity index is 1.49. The molecular weight excluding hydrogens is 304 g/mol. The second-order valence-electron chi connectivity index (χ2n) is 6.26. The van der Waals surface area contributed by atoms with E-state index in [-0.39, 0.29) is 12.7 Å². The van der Waals surface area contributed by atoms with Gasteiger partial charge in [-0.3, -0.25) is 0 Å². The Kier molecular flexibility index (Phi) is 2.94. The van der Waals surface area contributed by atoms with E-state index in [0.29, 0.717) is 5.75 Å². The Morgan fingerprint density at radius 2 is 1.92 bits per heavy atom. The first kappa shape index (κ1) is 13.7. The van der Waals surface area contributed by atoms with E-state index in [4.69, 9.17) is 13.9 Å². The lowest BCUT2D eigenvalue weighted by Crippen LogP contribution is -2.17. The summed E-state index contributed by atoms with van der Waals surface area (Å²) < 4.78 is 16.5. The van der Waals surface area contributed by atoms with Gasteiger partial charge in [-0.15, -0.1) is 0 Å². The third-order valence-electron chi connectivity index (χ3n) is 4.84. The lowest BCUT2D eigenvalue weighted by Gasteiger charge is -2.25. The van der Waals surface area contributed by atoms with Crippen LogP contribution in [0.15, 0.2) is 53.2 Å². The summed E-state index contributed by atoms with van der Waals surface area (Å²) >= 11 is 0. The molecule has 3 aromatic rings. The van der Waals surface area contributed by atoms with E-state index in [0.717, 1.165) is 39.8 Å². The highest BCUT2D eigenvalue weighted by Gasteiger charge is 2.28. The zero-order valence-electron chi connectivity index (χ0n) is 12.9. The summed E-state index contributed by atoms with van der Waals surface area (Å²) in [7, 11) is 0. The third kappa shape index (κ3) is 2.03. The number of para-hydroxylation sites is 1. The lowest BCUT2D eigenvalue weighted by atomic mass is 9.83. The van der Waals surface area contributed by atoms with Gasteiger partial charge in [0.05, 0.1) is 12.4 Å². The molecule has 2 heterocycles. The molecular formula is C20H16O4. The van der Waals surface area contributed by atoms with Gasteiger partial charge in [-0.25, -0.2) is 0 Å². The molecule has 0 saturated carbocycles. The number of ether oxygens (including phenoxy) is 2. The van der Waals surface area contributed by atoms with E-state index >= 15 is 0 Å². The van der Waals surface area contributed by atoms with Gasteiger partial charge in [-0.05, 0) is 41.3 Å². The first-order chi connectivity index (χ1) is 11.8. The average Bonchev–Trinajstić information content (AvgIpc) is 3.23. The Labute approximate surface area is 138 Å². The summed E-state index contributed by atoms with van der Waals surface area (Å²) in [5, 5.41) is 12.0. The number of rotatable bonds is 2. The van der Waals surface area contributed by atoms with Crippen molar-refractivity contribution < 1.29 is 19.0 Å². The molecule has 0 fully saturated rings. The van der Waals surface area contributed by atoms with E-state index in [1.54, 1.807) is 6.26 Å². The van der Waals surface area contributed by atoms with Gasteiger partial charge >= 0.3 is 0 Å². The Morgan fingerprint density at radius 3 is 2.83 bits per heavy atom. The van der Waals surface area contributed by atoms with Gasteiger partial charge in [0.2, 0.25) is 6.79 Å². The Bertz CT molecular complexity index is 953. The molecule has 1 N–H and O–H groups in total. The molecule has 1 aliphatic heterocycles. The van der Waals surface area contributed by atoms with Crippen molar-refractivity contribution in [1.29, 1.82) is 0 Å². The fourth-order valence-electron chi connectivity index (χ4n) is 3.56. The number of aliphatic hydroxyl groups excluding tert-OH is 1. The number of hydrogen-bond donors (Lipinski definition) is 1. The van der Waals surface area contributed by atoms with Crippen LogP contribution in [0.25, 0.3) is 17.0 Å². The minimum atomic E-state index is -0.576. The fraction of sp³-hybridized carbons (Fsp3) is 0.200. The van der Waals surface area contributed by atoms with Gasteiger partial charge in [0.1, 0.15) is 5.58 Å². The zero-order valence-corrected chi connectivity index (χ0v) is 12.9. The van der Waals surface area contributed by atoms with Crippen LogP contribution in [-0.2, 0) is 6.42 Å². The minimum absolute atomic E-state index is 0.00104. The highest BCUT2D eigenvalue weighted by atomic mass is 16.7. The SMILES string of the molecule is O[C@H]1c2cc3c(cc2C=C[C@H]1Cc1coc2ccccc12)OCO3. The van der Waals surface area contributed by atoms with E-state index in [9.17, 15) is 5.11 Å². The lowest BCUT2D eigenvalue weighted by molar-refractivity contribution is 0.129. The molecule has 1 aliphatic carbocycles. The summed E-state index contributed by atoms with van der Waals surface area (Å²) in [6.07, 6.45) is 6.06. The molecule has 0 bridgehead atoms. The molecule has 120 valence electrons. The molecule has 0 unspecified atom stereocenters. The number of hydrogen-bond acceptors (Lipinski definition) is 4. The number of furan rings is 1. The van der Waals surface area contributed by atoms with E-state index in [2.05, 4.69) is 18.2 Å². The smallest absolute Gasteiger partial charge is 0.231 e. The van der Waals surface area contributed by atoms with Crippen LogP contribution in [0.1, 0.15) is 22.8 Å². The average molecular weight is 320 g/mol. The molecule has 0 radical (unpaired) electrons. The second-order valence-corrected chi connectivity index (χ2v) is 6.26. The van der Waals surface area contributed by atoms with Crippen molar-refractivity contribution in [3.05, 3.63) is 65.4 Å². The Hall–Kier alpha value is -2.72. The van der Waals surface area contributed by atoms with Crippen molar-refractivity contribution in [2.75, 3.05) is 6.79 Å². The summed E-state index contributed by atoms with van der Waals surface area (Å²) in [6, 6.07) is 11.8. The van der Waals surface area contributed by atoms with Crippen LogP contribution in [0.2, 0.25) is 0 Å². The molecule has 4 nitrogen and oxygen atoms in total. The largest absolute Gasteiger partial charge is 0.464 e. The van der Waals surface area contributed by atoms with Crippen molar-refractivity contribution in [1.82, 2.24) is 0 Å². The van der Waals surface area contributed by atoms with Crippen LogP contribution in [-0.4, -0.2) is 11.9 Å². The maximum absolute atomic E-state index is 10.8. The number of fused-ring (bicyclic) bond motifs is 3. The monoisotopic (exact) mass is 320 g/mol. The van der Waals surface area contributed by atoms with Crippen molar-refractivity contribution in [3.8, 4) is 11.5 Å². The van der Waals surface area contributed by atoms with Crippen molar-refractivity contribution in [2.45, 2.75) is 12.5 Å². The first-order valence-electron chi connectivity index (χ1n) is 8.04. The normalized spacial score (nSPS) is 21.2. The van der Waals surface area contributed by atoms with E-state index in [1.807, 2.05) is 30.3 Å². The predicted octanol–water partition coefficient (Wildman–Crippen LogP) is 4.08. The van der Waals surface area contributed by atoms with Gasteiger partial charge in [0.25, 0.3) is 0 Å². The molecule has 24 heavy (non-hydrogen) atoms. The van der Waals surface area contributed by atoms with Gasteiger partial charge in [-0.2, -0.15) is 0 Å². The van der Waals surface area contributed by atoms with Crippen LogP contribution >= 0.6 is 0 Å². The zero-order chi connectivity index (χ0) is 16.1. The van der Waals surface area contributed by atoms with Crippen LogP contribution in [0.5, 0.6) is 11.5 Å². The predicted molar refractivity (Wildman–Crippen MR) is 90.0 cm³/mol. The van der Waals surface area contributed by atoms with Gasteiger partial charge in [0.15, 0.2) is 11.5 Å². The third-order valence-corrected chi connectivity index (χ3v) is 4.84. The topological polar surface area (TPSA) is 51.8 Å². The summed E-state index contributed by atoms with van der Waals surface area (Å²) in [5.74, 6) is 1.44. The maximum atomic E-state index is 10.8. The van der Waals surface area contributed by atoms with Gasteiger partial charge in [-0.1, -0.05) is 30.4 Å². The van der Waals surface area contributed by atoms with E-state index in [1.165, 1.54) is 0 Å². The van der Waals surface area contributed by atoms with Crippen molar-refractivity contribution >= 4 is 17.0 Å². The fourth-order valence-corrected chi connectivity index (χ4v) is 3.56. The number of benzene rings is 2. The first-order valence-corrected chi connectivity index (χ1v) is 8.04. The van der Waals surface area contributed by atoms with Crippen LogP contribution in [0.3, 0.4) is 0 Å². The highest BCUT2D eigenvalue weighted by Crippen LogP contribution is 2.42. The standard InChI is InChI=1S/C20H16O4/c21-20-13(7-14-10-22-17-4-2-1-3-15(14)17)6-5-12-8-18-19(9-16(12)20)24-11-23-18/h1-6,8-10,13,20-21H,7,11H2/t13-,20+/m0/s1. The highest BCUT2D eigenvalue weighted by molar-refractivity contribution is 5.81. The van der Waals surface area contributed by atoms with Crippen LogP contribution in [0.4, 0.5) is 0 Å². The molecule has 2 aromatic carbocycles. The van der Waals surface area contributed by atoms with Crippen LogP contribution < -0.4 is 9.47 Å². The second kappa shape index (κ2) is 5.14. The summed E-state index contributed by atoms with van der Waals surface area (Å²) in [5.41, 5.74) is 3.87. The van der Waals surface area contributed by atoms with Gasteiger partial charge in [0, 0.05) is 11.3 Å².